The van der Waals surface area contributed by atoms with E-state index in [9.17, 15) is 9.18 Å². The Morgan fingerprint density at radius 1 is 0.967 bits per heavy atom. The molecule has 0 aromatic heterocycles. The van der Waals surface area contributed by atoms with Crippen LogP contribution in [0.2, 0.25) is 0 Å². The van der Waals surface area contributed by atoms with Gasteiger partial charge < -0.3 is 20.3 Å². The Labute approximate surface area is 184 Å². The van der Waals surface area contributed by atoms with Gasteiger partial charge in [0, 0.05) is 31.9 Å². The lowest BCUT2D eigenvalue weighted by atomic mass is 10.1. The molecule has 1 aliphatic rings. The van der Waals surface area contributed by atoms with Crippen LogP contribution in [0.25, 0.3) is 0 Å². The number of rotatable bonds is 9. The average Bonchev–Trinajstić information content (AvgIpc) is 2.76. The smallest absolute Gasteiger partial charge is 0.321 e. The third-order valence-corrected chi connectivity index (χ3v) is 5.05. The van der Waals surface area contributed by atoms with Crippen molar-refractivity contribution in [2.45, 2.75) is 32.1 Å². The Balaban J connectivity index is 0.00000320. The van der Waals surface area contributed by atoms with Crippen LogP contribution in [0.3, 0.4) is 0 Å². The van der Waals surface area contributed by atoms with Gasteiger partial charge in [0.05, 0.1) is 6.61 Å². The molecule has 0 radical (unpaired) electrons. The predicted octanol–water partition coefficient (Wildman–Crippen LogP) is 4.87. The van der Waals surface area contributed by atoms with Crippen molar-refractivity contribution in [2.75, 3.05) is 38.1 Å². The number of urea groups is 1. The number of piperazine rings is 1. The molecule has 164 valence electrons. The summed E-state index contributed by atoms with van der Waals surface area (Å²) in [5.74, 6) is 0.475. The van der Waals surface area contributed by atoms with Crippen LogP contribution >= 0.6 is 12.4 Å². The first-order valence-corrected chi connectivity index (χ1v) is 10.4. The number of ether oxygens (including phenoxy) is 1. The van der Waals surface area contributed by atoms with E-state index >= 15 is 0 Å². The maximum atomic E-state index is 12.8. The molecular weight excluding hydrogens is 405 g/mol. The van der Waals surface area contributed by atoms with Crippen LogP contribution in [0.4, 0.5) is 14.9 Å². The number of carbonyl (C=O) groups excluding carboxylic acids is 1. The molecule has 0 aliphatic carbocycles. The van der Waals surface area contributed by atoms with Gasteiger partial charge in [-0.3, -0.25) is 0 Å². The monoisotopic (exact) mass is 435 g/mol. The molecule has 1 heterocycles. The van der Waals surface area contributed by atoms with E-state index in [0.29, 0.717) is 6.61 Å². The van der Waals surface area contributed by atoms with Crippen LogP contribution < -0.4 is 15.4 Å². The van der Waals surface area contributed by atoms with Gasteiger partial charge in [0.25, 0.3) is 0 Å². The Bertz CT molecular complexity index is 750. The number of hydrogen-bond donors (Lipinski definition) is 2. The normalized spacial score (nSPS) is 13.4. The SMILES string of the molecule is Cl.O=C(Nc1ccc(CCCCCCOc2ccc(F)cc2)cc1)N1CCNCC1. The molecule has 2 amide bonds. The molecule has 1 aliphatic heterocycles. The number of amides is 2. The lowest BCUT2D eigenvalue weighted by Crippen LogP contribution is -2.48. The van der Waals surface area contributed by atoms with Gasteiger partial charge in [-0.05, 0) is 61.2 Å². The quantitative estimate of drug-likeness (QED) is 0.552. The van der Waals surface area contributed by atoms with Crippen molar-refractivity contribution in [3.05, 3.63) is 59.9 Å². The van der Waals surface area contributed by atoms with E-state index < -0.39 is 0 Å². The summed E-state index contributed by atoms with van der Waals surface area (Å²) in [6, 6.07) is 14.3. The van der Waals surface area contributed by atoms with Gasteiger partial charge >= 0.3 is 6.03 Å². The van der Waals surface area contributed by atoms with Gasteiger partial charge in [0.15, 0.2) is 0 Å². The van der Waals surface area contributed by atoms with Crippen LogP contribution in [-0.2, 0) is 6.42 Å². The van der Waals surface area contributed by atoms with Crippen molar-refractivity contribution >= 4 is 24.1 Å². The zero-order valence-electron chi connectivity index (χ0n) is 17.2. The Hall–Kier alpha value is -2.31. The van der Waals surface area contributed by atoms with E-state index in [1.807, 2.05) is 17.0 Å². The fourth-order valence-corrected chi connectivity index (χ4v) is 3.33. The summed E-state index contributed by atoms with van der Waals surface area (Å²) in [6.07, 6.45) is 5.41. The molecule has 1 saturated heterocycles. The molecule has 2 aromatic rings. The lowest BCUT2D eigenvalue weighted by molar-refractivity contribution is 0.204. The number of anilines is 1. The van der Waals surface area contributed by atoms with Gasteiger partial charge in [-0.25, -0.2) is 9.18 Å². The van der Waals surface area contributed by atoms with Gasteiger partial charge in [0.2, 0.25) is 0 Å². The molecule has 30 heavy (non-hydrogen) atoms. The van der Waals surface area contributed by atoms with Crippen LogP contribution in [-0.4, -0.2) is 43.7 Å². The zero-order chi connectivity index (χ0) is 20.3. The number of hydrogen-bond acceptors (Lipinski definition) is 3. The van der Waals surface area contributed by atoms with Crippen molar-refractivity contribution in [2.24, 2.45) is 0 Å². The lowest BCUT2D eigenvalue weighted by Gasteiger charge is -2.27. The van der Waals surface area contributed by atoms with Crippen molar-refractivity contribution in [3.63, 3.8) is 0 Å². The van der Waals surface area contributed by atoms with E-state index in [1.165, 1.54) is 17.7 Å². The summed E-state index contributed by atoms with van der Waals surface area (Å²) in [4.78, 5) is 14.1. The molecule has 7 heteroatoms. The van der Waals surface area contributed by atoms with E-state index in [-0.39, 0.29) is 24.3 Å². The molecule has 0 atom stereocenters. The number of carbonyl (C=O) groups is 1. The zero-order valence-corrected chi connectivity index (χ0v) is 18.1. The maximum absolute atomic E-state index is 12.8. The fraction of sp³-hybridized carbons (Fsp3) is 0.435. The van der Waals surface area contributed by atoms with Crippen LogP contribution in [0.5, 0.6) is 5.75 Å². The molecule has 0 unspecified atom stereocenters. The highest BCUT2D eigenvalue weighted by Gasteiger charge is 2.15. The summed E-state index contributed by atoms with van der Waals surface area (Å²) in [5, 5.41) is 6.21. The molecule has 0 saturated carbocycles. The molecule has 2 aromatic carbocycles. The highest BCUT2D eigenvalue weighted by Crippen LogP contribution is 2.15. The standard InChI is InChI=1S/C23H30FN3O2.ClH/c24-20-8-12-22(13-9-20)29-18-4-2-1-3-5-19-6-10-21(11-7-19)26-23(28)27-16-14-25-15-17-27;/h6-13,25H,1-5,14-18H2,(H,26,28);1H. The summed E-state index contributed by atoms with van der Waals surface area (Å²) in [5.41, 5.74) is 2.13. The second-order valence-electron chi connectivity index (χ2n) is 7.33. The minimum absolute atomic E-state index is 0. The molecule has 3 rings (SSSR count). The molecule has 0 spiro atoms. The van der Waals surface area contributed by atoms with Gasteiger partial charge in [-0.1, -0.05) is 25.0 Å². The van der Waals surface area contributed by atoms with Crippen molar-refractivity contribution in [1.82, 2.24) is 10.2 Å². The average molecular weight is 436 g/mol. The van der Waals surface area contributed by atoms with Crippen molar-refractivity contribution < 1.29 is 13.9 Å². The molecule has 2 N–H and O–H groups in total. The topological polar surface area (TPSA) is 53.6 Å². The molecule has 5 nitrogen and oxygen atoms in total. The first kappa shape index (κ1) is 24.0. The van der Waals surface area contributed by atoms with Crippen LogP contribution in [0.15, 0.2) is 48.5 Å². The second-order valence-corrected chi connectivity index (χ2v) is 7.33. The van der Waals surface area contributed by atoms with Gasteiger partial charge in [-0.15, -0.1) is 12.4 Å². The summed E-state index contributed by atoms with van der Waals surface area (Å²) in [7, 11) is 0. The number of nitrogens with zero attached hydrogens (tertiary/aromatic N) is 1. The Morgan fingerprint density at radius 3 is 2.33 bits per heavy atom. The van der Waals surface area contributed by atoms with Gasteiger partial charge in [-0.2, -0.15) is 0 Å². The van der Waals surface area contributed by atoms with E-state index in [4.69, 9.17) is 4.74 Å². The highest BCUT2D eigenvalue weighted by atomic mass is 35.5. The third-order valence-electron chi connectivity index (χ3n) is 5.05. The largest absolute Gasteiger partial charge is 0.494 e. The van der Waals surface area contributed by atoms with Gasteiger partial charge in [0.1, 0.15) is 11.6 Å². The maximum Gasteiger partial charge on any atom is 0.321 e. The van der Waals surface area contributed by atoms with Crippen molar-refractivity contribution in [3.8, 4) is 5.75 Å². The second kappa shape index (κ2) is 13.1. The molecule has 1 fully saturated rings. The third kappa shape index (κ3) is 8.20. The molecule has 0 bridgehead atoms. The number of halogens is 2. The number of unbranched alkanes of at least 4 members (excludes halogenated alkanes) is 3. The van der Waals surface area contributed by atoms with Crippen LogP contribution in [0, 0.1) is 5.82 Å². The Morgan fingerprint density at radius 2 is 1.63 bits per heavy atom. The number of benzene rings is 2. The minimum atomic E-state index is -0.243. The fourth-order valence-electron chi connectivity index (χ4n) is 3.33. The van der Waals surface area contributed by atoms with Crippen molar-refractivity contribution in [1.29, 1.82) is 0 Å². The first-order valence-electron chi connectivity index (χ1n) is 10.4. The van der Waals surface area contributed by atoms with E-state index in [0.717, 1.165) is 69.7 Å². The minimum Gasteiger partial charge on any atom is -0.494 e. The summed E-state index contributed by atoms with van der Waals surface area (Å²) in [6.45, 7) is 3.86. The first-order chi connectivity index (χ1) is 14.2. The highest BCUT2D eigenvalue weighted by molar-refractivity contribution is 5.89. The molecular formula is C23H31ClFN3O2. The summed E-state index contributed by atoms with van der Waals surface area (Å²) < 4.78 is 18.4. The van der Waals surface area contributed by atoms with E-state index in [2.05, 4.69) is 22.8 Å². The summed E-state index contributed by atoms with van der Waals surface area (Å²) >= 11 is 0. The van der Waals surface area contributed by atoms with E-state index in [1.54, 1.807) is 12.1 Å². The Kier molecular flexibility index (Phi) is 10.5. The number of aryl methyl sites for hydroxylation is 1. The number of nitrogens with one attached hydrogen (secondary N) is 2. The van der Waals surface area contributed by atoms with Crippen LogP contribution in [0.1, 0.15) is 31.2 Å². The predicted molar refractivity (Wildman–Crippen MR) is 121 cm³/mol.